The lowest BCUT2D eigenvalue weighted by atomic mass is 9.78. The topological polar surface area (TPSA) is 12.0 Å². The first kappa shape index (κ1) is 10.8. The molecular formula is C12H23N. The minimum Gasteiger partial charge on any atom is -0.308 e. The van der Waals surface area contributed by atoms with E-state index >= 15 is 0 Å². The maximum atomic E-state index is 3.81. The van der Waals surface area contributed by atoms with Crippen molar-refractivity contribution in [3.05, 3.63) is 12.7 Å². The van der Waals surface area contributed by atoms with Crippen LogP contribution in [0.4, 0.5) is 0 Å². The zero-order valence-corrected chi connectivity index (χ0v) is 9.22. The Hall–Kier alpha value is -0.300. The second-order valence-corrected chi connectivity index (χ2v) is 4.60. The van der Waals surface area contributed by atoms with Gasteiger partial charge in [0.25, 0.3) is 0 Å². The predicted molar refractivity (Wildman–Crippen MR) is 58.8 cm³/mol. The van der Waals surface area contributed by atoms with Gasteiger partial charge >= 0.3 is 0 Å². The summed E-state index contributed by atoms with van der Waals surface area (Å²) in [4.78, 5) is 0. The Morgan fingerprint density at radius 2 is 1.85 bits per heavy atom. The number of nitrogens with one attached hydrogen (secondary N) is 1. The Morgan fingerprint density at radius 1 is 1.31 bits per heavy atom. The Morgan fingerprint density at radius 3 is 2.31 bits per heavy atom. The Labute approximate surface area is 82.6 Å². The molecule has 1 nitrogen and oxygen atoms in total. The number of hydrogen-bond donors (Lipinski definition) is 1. The molecular weight excluding hydrogens is 158 g/mol. The van der Waals surface area contributed by atoms with Crippen molar-refractivity contribution in [1.29, 1.82) is 0 Å². The Bertz CT molecular complexity index is 155. The van der Waals surface area contributed by atoms with Crippen molar-refractivity contribution in [2.24, 2.45) is 11.8 Å². The van der Waals surface area contributed by atoms with E-state index in [0.29, 0.717) is 12.1 Å². The highest BCUT2D eigenvalue weighted by atomic mass is 15.0. The van der Waals surface area contributed by atoms with Crippen LogP contribution in [0.2, 0.25) is 0 Å². The number of rotatable bonds is 3. The molecule has 1 aliphatic rings. The lowest BCUT2D eigenvalue weighted by Gasteiger charge is -2.36. The number of hydrogen-bond acceptors (Lipinski definition) is 1. The van der Waals surface area contributed by atoms with Crippen molar-refractivity contribution in [2.45, 2.75) is 52.1 Å². The van der Waals surface area contributed by atoms with Crippen LogP contribution in [0.3, 0.4) is 0 Å². The predicted octanol–water partition coefficient (Wildman–Crippen LogP) is 2.98. The maximum absolute atomic E-state index is 3.81. The highest BCUT2D eigenvalue weighted by molar-refractivity contribution is 4.90. The van der Waals surface area contributed by atoms with Gasteiger partial charge in [-0.3, -0.25) is 0 Å². The van der Waals surface area contributed by atoms with Crippen LogP contribution in [0.5, 0.6) is 0 Å². The molecule has 0 saturated heterocycles. The summed E-state index contributed by atoms with van der Waals surface area (Å²) in [6.07, 6.45) is 6.16. The molecule has 1 rings (SSSR count). The van der Waals surface area contributed by atoms with Crippen molar-refractivity contribution in [1.82, 2.24) is 5.32 Å². The molecule has 3 atom stereocenters. The SMILES string of the molecule is C=CC(C)NC1C(C)CCCC1C. The highest BCUT2D eigenvalue weighted by Crippen LogP contribution is 2.28. The molecule has 1 N–H and O–H groups in total. The first-order valence-electron chi connectivity index (χ1n) is 5.53. The molecule has 13 heavy (non-hydrogen) atoms. The average molecular weight is 181 g/mol. The molecule has 0 aromatic rings. The lowest BCUT2D eigenvalue weighted by molar-refractivity contribution is 0.203. The van der Waals surface area contributed by atoms with Crippen molar-refractivity contribution in [3.8, 4) is 0 Å². The summed E-state index contributed by atoms with van der Waals surface area (Å²) in [7, 11) is 0. The molecule has 0 aromatic carbocycles. The molecule has 1 heteroatoms. The lowest BCUT2D eigenvalue weighted by Crippen LogP contribution is -2.46. The van der Waals surface area contributed by atoms with E-state index in [2.05, 4.69) is 32.7 Å². The van der Waals surface area contributed by atoms with Gasteiger partial charge in [-0.15, -0.1) is 6.58 Å². The highest BCUT2D eigenvalue weighted by Gasteiger charge is 2.27. The Balaban J connectivity index is 2.48. The van der Waals surface area contributed by atoms with Gasteiger partial charge in [-0.05, 0) is 31.6 Å². The fraction of sp³-hybridized carbons (Fsp3) is 0.833. The molecule has 76 valence electrons. The standard InChI is InChI=1S/C12H23N/c1-5-11(4)13-12-9(2)7-6-8-10(12)3/h5,9-13H,1,6-8H2,2-4H3. The van der Waals surface area contributed by atoms with Crippen molar-refractivity contribution in [3.63, 3.8) is 0 Å². The van der Waals surface area contributed by atoms with E-state index in [-0.39, 0.29) is 0 Å². The normalized spacial score (nSPS) is 37.0. The second-order valence-electron chi connectivity index (χ2n) is 4.60. The van der Waals surface area contributed by atoms with Crippen LogP contribution in [0, 0.1) is 11.8 Å². The summed E-state index contributed by atoms with van der Waals surface area (Å²) in [6.45, 7) is 10.7. The molecule has 1 fully saturated rings. The van der Waals surface area contributed by atoms with E-state index in [1.165, 1.54) is 19.3 Å². The summed E-state index contributed by atoms with van der Waals surface area (Å²) in [6, 6.07) is 1.15. The van der Waals surface area contributed by atoms with Gasteiger partial charge in [0, 0.05) is 12.1 Å². The van der Waals surface area contributed by atoms with E-state index in [1.54, 1.807) is 0 Å². The fourth-order valence-corrected chi connectivity index (χ4v) is 2.38. The molecule has 1 saturated carbocycles. The van der Waals surface area contributed by atoms with Crippen LogP contribution >= 0.6 is 0 Å². The molecule has 1 aliphatic carbocycles. The summed E-state index contributed by atoms with van der Waals surface area (Å²) < 4.78 is 0. The molecule has 0 aromatic heterocycles. The van der Waals surface area contributed by atoms with Crippen LogP contribution in [0.1, 0.15) is 40.0 Å². The van der Waals surface area contributed by atoms with E-state index in [9.17, 15) is 0 Å². The first-order chi connectivity index (χ1) is 6.15. The summed E-state index contributed by atoms with van der Waals surface area (Å²) >= 11 is 0. The molecule has 0 amide bonds. The average Bonchev–Trinajstić information content (AvgIpc) is 2.11. The quantitative estimate of drug-likeness (QED) is 0.660. The van der Waals surface area contributed by atoms with Gasteiger partial charge in [0.15, 0.2) is 0 Å². The minimum absolute atomic E-state index is 0.452. The second kappa shape index (κ2) is 4.80. The largest absolute Gasteiger partial charge is 0.308 e. The minimum atomic E-state index is 0.452. The zero-order valence-electron chi connectivity index (χ0n) is 9.22. The van der Waals surface area contributed by atoms with E-state index < -0.39 is 0 Å². The zero-order chi connectivity index (χ0) is 9.84. The molecule has 0 radical (unpaired) electrons. The monoisotopic (exact) mass is 181 g/mol. The van der Waals surface area contributed by atoms with Crippen LogP contribution in [0.25, 0.3) is 0 Å². The van der Waals surface area contributed by atoms with Crippen LogP contribution in [-0.2, 0) is 0 Å². The smallest absolute Gasteiger partial charge is 0.0221 e. The summed E-state index contributed by atoms with van der Waals surface area (Å²) in [5.41, 5.74) is 0. The molecule has 0 bridgehead atoms. The third kappa shape index (κ3) is 2.84. The summed E-state index contributed by atoms with van der Waals surface area (Å²) in [5.74, 6) is 1.65. The third-order valence-electron chi connectivity index (χ3n) is 3.35. The van der Waals surface area contributed by atoms with Gasteiger partial charge in [0.05, 0.1) is 0 Å². The van der Waals surface area contributed by atoms with Crippen molar-refractivity contribution < 1.29 is 0 Å². The first-order valence-corrected chi connectivity index (χ1v) is 5.53. The van der Waals surface area contributed by atoms with Gasteiger partial charge in [0.2, 0.25) is 0 Å². The fourth-order valence-electron chi connectivity index (χ4n) is 2.38. The Kier molecular flexibility index (Phi) is 3.98. The van der Waals surface area contributed by atoms with Crippen molar-refractivity contribution in [2.75, 3.05) is 0 Å². The van der Waals surface area contributed by atoms with Gasteiger partial charge in [-0.1, -0.05) is 26.3 Å². The van der Waals surface area contributed by atoms with Crippen molar-refractivity contribution >= 4 is 0 Å². The third-order valence-corrected chi connectivity index (χ3v) is 3.35. The summed E-state index contributed by atoms with van der Waals surface area (Å²) in [5, 5.41) is 3.65. The van der Waals surface area contributed by atoms with E-state index in [0.717, 1.165) is 11.8 Å². The van der Waals surface area contributed by atoms with Gasteiger partial charge < -0.3 is 5.32 Å². The molecule has 3 unspecified atom stereocenters. The van der Waals surface area contributed by atoms with Crippen LogP contribution in [-0.4, -0.2) is 12.1 Å². The van der Waals surface area contributed by atoms with Gasteiger partial charge in [-0.25, -0.2) is 0 Å². The maximum Gasteiger partial charge on any atom is 0.0221 e. The van der Waals surface area contributed by atoms with Gasteiger partial charge in [0.1, 0.15) is 0 Å². The van der Waals surface area contributed by atoms with E-state index in [1.807, 2.05) is 6.08 Å². The van der Waals surface area contributed by atoms with Crippen LogP contribution < -0.4 is 5.32 Å². The van der Waals surface area contributed by atoms with Crippen LogP contribution in [0.15, 0.2) is 12.7 Å². The van der Waals surface area contributed by atoms with E-state index in [4.69, 9.17) is 0 Å². The molecule has 0 heterocycles. The van der Waals surface area contributed by atoms with Gasteiger partial charge in [-0.2, -0.15) is 0 Å². The molecule has 0 spiro atoms. The molecule has 0 aliphatic heterocycles.